The monoisotopic (exact) mass is 552 g/mol. The van der Waals surface area contributed by atoms with Gasteiger partial charge in [0.2, 0.25) is 0 Å². The Morgan fingerprint density at radius 3 is 2.78 bits per heavy atom. The van der Waals surface area contributed by atoms with Crippen molar-refractivity contribution in [3.63, 3.8) is 0 Å². The summed E-state index contributed by atoms with van der Waals surface area (Å²) in [5.41, 5.74) is 2.23. The van der Waals surface area contributed by atoms with Crippen molar-refractivity contribution in [2.45, 2.75) is 52.3 Å². The molecular weight excluding hydrogens is 519 g/mol. The third-order valence-electron chi connectivity index (χ3n) is 5.78. The van der Waals surface area contributed by atoms with Gasteiger partial charge in [-0.05, 0) is 45.2 Å². The van der Waals surface area contributed by atoms with Crippen LogP contribution in [-0.4, -0.2) is 56.1 Å². The van der Waals surface area contributed by atoms with Crippen LogP contribution in [0.4, 0.5) is 0 Å². The summed E-state index contributed by atoms with van der Waals surface area (Å²) in [6.07, 6.45) is 3.44. The Morgan fingerprint density at radius 2 is 2.03 bits per heavy atom. The van der Waals surface area contributed by atoms with E-state index in [0.29, 0.717) is 6.54 Å². The Labute approximate surface area is 206 Å². The number of aliphatic imine (C=N–C) groups is 1. The van der Waals surface area contributed by atoms with Gasteiger partial charge in [-0.3, -0.25) is 0 Å². The van der Waals surface area contributed by atoms with Crippen molar-refractivity contribution in [2.24, 2.45) is 12.0 Å². The predicted molar refractivity (Wildman–Crippen MR) is 136 cm³/mol. The molecule has 1 aliphatic rings. The number of hydrogen-bond acceptors (Lipinski definition) is 5. The van der Waals surface area contributed by atoms with Gasteiger partial charge in [0.05, 0.1) is 17.1 Å². The second-order valence-corrected chi connectivity index (χ2v) is 7.98. The average molecular weight is 552 g/mol. The van der Waals surface area contributed by atoms with E-state index < -0.39 is 0 Å². The first-order valence-electron chi connectivity index (χ1n) is 11.0. The van der Waals surface area contributed by atoms with E-state index in [1.807, 2.05) is 24.6 Å². The van der Waals surface area contributed by atoms with Crippen LogP contribution in [0.5, 0.6) is 0 Å². The molecule has 0 aliphatic carbocycles. The highest BCUT2D eigenvalue weighted by atomic mass is 127. The minimum absolute atomic E-state index is 0. The zero-order valence-corrected chi connectivity index (χ0v) is 21.4. The summed E-state index contributed by atoms with van der Waals surface area (Å²) in [6.45, 7) is 7.80. The first-order chi connectivity index (χ1) is 15.1. The van der Waals surface area contributed by atoms with Crippen molar-refractivity contribution in [3.8, 4) is 0 Å². The van der Waals surface area contributed by atoms with Crippen molar-refractivity contribution < 1.29 is 4.74 Å². The summed E-state index contributed by atoms with van der Waals surface area (Å²) in [5.74, 6) is 3.55. The first kappa shape index (κ1) is 24.4. The highest BCUT2D eigenvalue weighted by Crippen LogP contribution is 2.15. The molecule has 1 fully saturated rings. The van der Waals surface area contributed by atoms with E-state index in [-0.39, 0.29) is 30.1 Å². The number of nitrogens with one attached hydrogen (secondary N) is 2. The van der Waals surface area contributed by atoms with E-state index in [2.05, 4.69) is 55.5 Å². The Morgan fingerprint density at radius 1 is 1.19 bits per heavy atom. The van der Waals surface area contributed by atoms with Crippen LogP contribution in [0.3, 0.4) is 0 Å². The van der Waals surface area contributed by atoms with E-state index in [4.69, 9.17) is 9.73 Å². The smallest absolute Gasteiger partial charge is 0.191 e. The molecule has 0 radical (unpaired) electrons. The zero-order chi connectivity index (χ0) is 21.6. The van der Waals surface area contributed by atoms with Gasteiger partial charge in [0.25, 0.3) is 0 Å². The van der Waals surface area contributed by atoms with Gasteiger partial charge < -0.3 is 24.5 Å². The second-order valence-electron chi connectivity index (χ2n) is 7.98. The number of imidazole rings is 1. The fourth-order valence-corrected chi connectivity index (χ4v) is 3.85. The van der Waals surface area contributed by atoms with Crippen molar-refractivity contribution in [1.29, 1.82) is 0 Å². The van der Waals surface area contributed by atoms with Crippen LogP contribution in [0.2, 0.25) is 0 Å². The summed E-state index contributed by atoms with van der Waals surface area (Å²) < 4.78 is 9.98. The lowest BCUT2D eigenvalue weighted by atomic mass is 10.2. The molecule has 3 aromatic rings. The zero-order valence-electron chi connectivity index (χ0n) is 19.0. The lowest BCUT2D eigenvalue weighted by molar-refractivity contribution is 0.114. The fourth-order valence-electron chi connectivity index (χ4n) is 3.85. The van der Waals surface area contributed by atoms with Gasteiger partial charge >= 0.3 is 0 Å². The Hall–Kier alpha value is -2.21. The van der Waals surface area contributed by atoms with E-state index in [0.717, 1.165) is 74.5 Å². The summed E-state index contributed by atoms with van der Waals surface area (Å²) in [6, 6.07) is 8.28. The van der Waals surface area contributed by atoms with Crippen molar-refractivity contribution >= 4 is 41.0 Å². The highest BCUT2D eigenvalue weighted by molar-refractivity contribution is 14.0. The number of benzene rings is 1. The molecule has 4 rings (SSSR count). The van der Waals surface area contributed by atoms with Crippen molar-refractivity contribution in [1.82, 2.24) is 34.9 Å². The van der Waals surface area contributed by atoms with Gasteiger partial charge in [0, 0.05) is 33.3 Å². The number of nitrogens with zero attached hydrogens (tertiary/aromatic N) is 6. The topological polar surface area (TPSA) is 94.2 Å². The van der Waals surface area contributed by atoms with Gasteiger partial charge in [0.1, 0.15) is 18.2 Å². The summed E-state index contributed by atoms with van der Waals surface area (Å²) in [7, 11) is 1.96. The molecule has 1 saturated heterocycles. The van der Waals surface area contributed by atoms with E-state index in [1.54, 1.807) is 0 Å². The predicted octanol–water partition coefficient (Wildman–Crippen LogP) is 2.70. The molecule has 32 heavy (non-hydrogen) atoms. The van der Waals surface area contributed by atoms with Crippen LogP contribution >= 0.6 is 24.0 Å². The van der Waals surface area contributed by atoms with Gasteiger partial charge in [0.15, 0.2) is 11.8 Å². The standard InChI is InChI=1S/C22H32N8O.HI/c1-16-26-19-9-4-5-10-20(19)30(16)12-7-11-23-22(24-14-18-8-6-13-31-18)25-15-21-28-27-17(2)29(21)3;/h4-5,9-10,18H,6-8,11-15H2,1-3H3,(H2,23,24,25);1H. The van der Waals surface area contributed by atoms with E-state index in [9.17, 15) is 0 Å². The minimum Gasteiger partial charge on any atom is -0.376 e. The molecule has 0 amide bonds. The number of hydrogen-bond donors (Lipinski definition) is 2. The second kappa shape index (κ2) is 11.6. The molecule has 0 spiro atoms. The van der Waals surface area contributed by atoms with E-state index >= 15 is 0 Å². The number of guanidine groups is 1. The summed E-state index contributed by atoms with van der Waals surface area (Å²) >= 11 is 0. The molecule has 0 saturated carbocycles. The number of ether oxygens (including phenoxy) is 1. The largest absolute Gasteiger partial charge is 0.376 e. The number of para-hydroxylation sites is 2. The third kappa shape index (κ3) is 5.97. The maximum absolute atomic E-state index is 5.74. The normalized spacial score (nSPS) is 16.3. The van der Waals surface area contributed by atoms with Crippen LogP contribution in [-0.2, 0) is 24.9 Å². The number of halogens is 1. The molecule has 2 N–H and O–H groups in total. The molecule has 1 aromatic carbocycles. The Bertz CT molecular complexity index is 1040. The van der Waals surface area contributed by atoms with Crippen LogP contribution in [0, 0.1) is 13.8 Å². The molecule has 3 heterocycles. The van der Waals surface area contributed by atoms with Gasteiger partial charge in [-0.15, -0.1) is 34.2 Å². The third-order valence-corrected chi connectivity index (χ3v) is 5.78. The highest BCUT2D eigenvalue weighted by Gasteiger charge is 2.16. The van der Waals surface area contributed by atoms with E-state index in [1.165, 1.54) is 5.52 Å². The maximum Gasteiger partial charge on any atom is 0.191 e. The van der Waals surface area contributed by atoms with Crippen molar-refractivity contribution in [3.05, 3.63) is 41.7 Å². The van der Waals surface area contributed by atoms with Gasteiger partial charge in [-0.2, -0.15) is 0 Å². The molecule has 0 bridgehead atoms. The SMILES string of the molecule is Cc1nnc(CN=C(NCCCn2c(C)nc3ccccc32)NCC2CCCO2)n1C.I. The molecule has 9 nitrogen and oxygen atoms in total. The molecule has 10 heteroatoms. The summed E-state index contributed by atoms with van der Waals surface area (Å²) in [5, 5.41) is 15.2. The molecule has 1 atom stereocenters. The van der Waals surface area contributed by atoms with Crippen LogP contribution in [0.1, 0.15) is 36.7 Å². The number of rotatable bonds is 8. The number of aryl methyl sites for hydroxylation is 3. The Kier molecular flexibility index (Phi) is 8.85. The molecule has 174 valence electrons. The minimum atomic E-state index is 0. The molecule has 1 unspecified atom stereocenters. The number of aromatic nitrogens is 5. The molecule has 2 aromatic heterocycles. The van der Waals surface area contributed by atoms with Crippen LogP contribution in [0.15, 0.2) is 29.3 Å². The van der Waals surface area contributed by atoms with Gasteiger partial charge in [-0.25, -0.2) is 9.98 Å². The average Bonchev–Trinajstić information content (AvgIpc) is 3.48. The lowest BCUT2D eigenvalue weighted by Crippen LogP contribution is -2.41. The van der Waals surface area contributed by atoms with Gasteiger partial charge in [-0.1, -0.05) is 12.1 Å². The summed E-state index contributed by atoms with van der Waals surface area (Å²) in [4.78, 5) is 9.38. The Balaban J connectivity index is 0.00000289. The molecular formula is C22H33IN8O. The fraction of sp³-hybridized carbons (Fsp3) is 0.545. The van der Waals surface area contributed by atoms with Crippen molar-refractivity contribution in [2.75, 3.05) is 19.7 Å². The quantitative estimate of drug-likeness (QED) is 0.193. The number of fused-ring (bicyclic) bond motifs is 1. The van der Waals surface area contributed by atoms with Crippen LogP contribution in [0.25, 0.3) is 11.0 Å². The molecule has 1 aliphatic heterocycles. The first-order valence-corrected chi connectivity index (χ1v) is 11.0. The van der Waals surface area contributed by atoms with Crippen LogP contribution < -0.4 is 10.6 Å². The lowest BCUT2D eigenvalue weighted by Gasteiger charge is -2.16. The maximum atomic E-state index is 5.74.